The van der Waals surface area contributed by atoms with E-state index in [-0.39, 0.29) is 22.2 Å². The maximum Gasteiger partial charge on any atom is 0.265 e. The van der Waals surface area contributed by atoms with Crippen molar-refractivity contribution in [2.45, 2.75) is 37.2 Å². The molecule has 1 atom stereocenters. The van der Waals surface area contributed by atoms with E-state index in [1.165, 1.54) is 37.3 Å². The Morgan fingerprint density at radius 2 is 1.72 bits per heavy atom. The van der Waals surface area contributed by atoms with Crippen LogP contribution >= 0.6 is 23.2 Å². The van der Waals surface area contributed by atoms with E-state index >= 15 is 0 Å². The van der Waals surface area contributed by atoms with E-state index in [9.17, 15) is 22.7 Å². The number of aliphatic hydroxyl groups is 1. The number of hydrogen-bond acceptors (Lipinski definition) is 4. The second-order valence-corrected chi connectivity index (χ2v) is 9.75. The maximum atomic E-state index is 14.6. The molecule has 2 N–H and O–H groups in total. The molecule has 0 saturated carbocycles. The van der Waals surface area contributed by atoms with Crippen molar-refractivity contribution in [1.82, 2.24) is 5.32 Å². The van der Waals surface area contributed by atoms with Gasteiger partial charge in [-0.3, -0.25) is 9.10 Å². The minimum atomic E-state index is -4.36. The van der Waals surface area contributed by atoms with Crippen LogP contribution in [-0.4, -0.2) is 37.6 Å². The molecule has 2 aromatic carbocycles. The van der Waals surface area contributed by atoms with Crippen molar-refractivity contribution in [3.05, 3.63) is 58.3 Å². The number of sulfonamides is 1. The number of nitrogens with one attached hydrogen (secondary N) is 1. The number of carbonyl (C=O) groups excluding carboxylic acids is 1. The van der Waals surface area contributed by atoms with Crippen molar-refractivity contribution in [2.24, 2.45) is 0 Å². The highest BCUT2D eigenvalue weighted by Gasteiger charge is 2.36. The summed E-state index contributed by atoms with van der Waals surface area (Å²) in [6, 6.07) is 7.34. The Bertz CT molecular complexity index is 998. The quantitative estimate of drug-likeness (QED) is 0.657. The number of nitrogens with zero attached hydrogens (tertiary/aromatic N) is 1. The van der Waals surface area contributed by atoms with Crippen LogP contribution in [0, 0.1) is 5.82 Å². The van der Waals surface area contributed by atoms with Gasteiger partial charge in [0.05, 0.1) is 22.7 Å². The number of hydrogen-bond donors (Lipinski definition) is 2. The monoisotopic (exact) mass is 462 g/mol. The minimum absolute atomic E-state index is 0.0982. The summed E-state index contributed by atoms with van der Waals surface area (Å²) in [6.45, 7) is 4.07. The third-order valence-corrected chi connectivity index (χ3v) is 6.49. The molecule has 0 aromatic heterocycles. The van der Waals surface area contributed by atoms with Crippen LogP contribution in [-0.2, 0) is 14.8 Å². The third-order valence-electron chi connectivity index (χ3n) is 4.10. The van der Waals surface area contributed by atoms with E-state index in [2.05, 4.69) is 5.32 Å². The van der Waals surface area contributed by atoms with Gasteiger partial charge in [-0.25, -0.2) is 12.8 Å². The van der Waals surface area contributed by atoms with Gasteiger partial charge in [0.25, 0.3) is 10.0 Å². The zero-order valence-electron chi connectivity index (χ0n) is 16.0. The maximum absolute atomic E-state index is 14.6. The van der Waals surface area contributed by atoms with E-state index < -0.39 is 33.3 Å². The van der Waals surface area contributed by atoms with Gasteiger partial charge in [0.2, 0.25) is 5.91 Å². The molecule has 0 unspecified atom stereocenters. The average Bonchev–Trinajstić information content (AvgIpc) is 2.64. The van der Waals surface area contributed by atoms with Crippen LogP contribution in [0.2, 0.25) is 10.0 Å². The highest BCUT2D eigenvalue weighted by Crippen LogP contribution is 2.31. The van der Waals surface area contributed by atoms with Crippen LogP contribution in [0.25, 0.3) is 0 Å². The number of aliphatic hydroxyl groups excluding tert-OH is 1. The number of halogens is 3. The van der Waals surface area contributed by atoms with E-state index in [1.807, 2.05) is 0 Å². The fourth-order valence-corrected chi connectivity index (χ4v) is 4.42. The molecule has 0 fully saturated rings. The van der Waals surface area contributed by atoms with E-state index in [4.69, 9.17) is 23.2 Å². The van der Waals surface area contributed by atoms with Gasteiger partial charge in [-0.1, -0.05) is 23.2 Å². The summed E-state index contributed by atoms with van der Waals surface area (Å²) < 4.78 is 41.9. The molecule has 1 amide bonds. The summed E-state index contributed by atoms with van der Waals surface area (Å²) in [5, 5.41) is 12.4. The SMILES string of the molecule is C[C@H](C(=O)NC(C)(C)CO)N(c1cc(Cl)ccc1F)S(=O)(=O)c1ccc(Cl)cc1. The van der Waals surface area contributed by atoms with Gasteiger partial charge in [0.1, 0.15) is 11.9 Å². The van der Waals surface area contributed by atoms with Crippen molar-refractivity contribution in [3.8, 4) is 0 Å². The predicted molar refractivity (Wildman–Crippen MR) is 111 cm³/mol. The molecule has 0 aliphatic carbocycles. The first-order chi connectivity index (χ1) is 13.4. The minimum Gasteiger partial charge on any atom is -0.394 e. The zero-order chi connectivity index (χ0) is 22.0. The molecule has 0 saturated heterocycles. The summed E-state index contributed by atoms with van der Waals surface area (Å²) in [6.07, 6.45) is 0. The molecule has 10 heteroatoms. The van der Waals surface area contributed by atoms with E-state index in [0.29, 0.717) is 9.33 Å². The van der Waals surface area contributed by atoms with Gasteiger partial charge in [-0.2, -0.15) is 0 Å². The van der Waals surface area contributed by atoms with Crippen LogP contribution in [0.15, 0.2) is 47.4 Å². The topological polar surface area (TPSA) is 86.7 Å². The smallest absolute Gasteiger partial charge is 0.265 e. The van der Waals surface area contributed by atoms with Gasteiger partial charge < -0.3 is 10.4 Å². The molecule has 29 heavy (non-hydrogen) atoms. The molecule has 158 valence electrons. The predicted octanol–water partition coefficient (Wildman–Crippen LogP) is 3.60. The van der Waals surface area contributed by atoms with Crippen molar-refractivity contribution >= 4 is 44.8 Å². The summed E-state index contributed by atoms with van der Waals surface area (Å²) in [5.41, 5.74) is -1.38. The third kappa shape index (κ3) is 5.39. The van der Waals surface area contributed by atoms with Gasteiger partial charge >= 0.3 is 0 Å². The van der Waals surface area contributed by atoms with Gasteiger partial charge in [-0.05, 0) is 63.2 Å². The van der Waals surface area contributed by atoms with E-state index in [0.717, 1.165) is 12.1 Å². The van der Waals surface area contributed by atoms with Crippen LogP contribution in [0.5, 0.6) is 0 Å². The summed E-state index contributed by atoms with van der Waals surface area (Å²) in [7, 11) is -4.36. The Morgan fingerprint density at radius 3 is 2.28 bits per heavy atom. The van der Waals surface area contributed by atoms with Crippen molar-refractivity contribution in [3.63, 3.8) is 0 Å². The van der Waals surface area contributed by atoms with Crippen LogP contribution < -0.4 is 9.62 Å². The lowest BCUT2D eigenvalue weighted by atomic mass is 10.1. The summed E-state index contributed by atoms with van der Waals surface area (Å²) in [4.78, 5) is 12.6. The lowest BCUT2D eigenvalue weighted by Crippen LogP contribution is -2.55. The first kappa shape index (κ1) is 23.4. The second-order valence-electron chi connectivity index (χ2n) is 7.06. The first-order valence-electron chi connectivity index (χ1n) is 8.57. The summed E-state index contributed by atoms with van der Waals surface area (Å²) in [5.74, 6) is -1.59. The molecule has 0 aliphatic rings. The fourth-order valence-electron chi connectivity index (χ4n) is 2.51. The molecule has 2 rings (SSSR count). The molecule has 0 heterocycles. The van der Waals surface area contributed by atoms with Gasteiger partial charge in [0.15, 0.2) is 0 Å². The van der Waals surface area contributed by atoms with Crippen LogP contribution in [0.1, 0.15) is 20.8 Å². The fraction of sp³-hybridized carbons (Fsp3) is 0.316. The molecule has 6 nitrogen and oxygen atoms in total. The Balaban J connectivity index is 2.61. The second kappa shape index (κ2) is 8.87. The number of anilines is 1. The molecular formula is C19H21Cl2FN2O4S. The van der Waals surface area contributed by atoms with Crippen LogP contribution in [0.3, 0.4) is 0 Å². The number of rotatable bonds is 7. The number of amides is 1. The number of benzene rings is 2. The highest BCUT2D eigenvalue weighted by atomic mass is 35.5. The molecule has 0 spiro atoms. The lowest BCUT2D eigenvalue weighted by molar-refractivity contribution is -0.123. The largest absolute Gasteiger partial charge is 0.394 e. The van der Waals surface area contributed by atoms with Gasteiger partial charge in [0, 0.05) is 10.0 Å². The van der Waals surface area contributed by atoms with Gasteiger partial charge in [-0.15, -0.1) is 0 Å². The Labute approximate surface area is 179 Å². The first-order valence-corrected chi connectivity index (χ1v) is 10.8. The summed E-state index contributed by atoms with van der Waals surface area (Å²) >= 11 is 11.8. The molecular weight excluding hydrogens is 442 g/mol. The van der Waals surface area contributed by atoms with Crippen molar-refractivity contribution < 1.29 is 22.7 Å². The zero-order valence-corrected chi connectivity index (χ0v) is 18.3. The molecule has 0 radical (unpaired) electrons. The Morgan fingerprint density at radius 1 is 1.17 bits per heavy atom. The highest BCUT2D eigenvalue weighted by molar-refractivity contribution is 7.93. The Kier molecular flexibility index (Phi) is 7.16. The van der Waals surface area contributed by atoms with Crippen LogP contribution in [0.4, 0.5) is 10.1 Å². The number of carbonyl (C=O) groups is 1. The standard InChI is InChI=1S/C19H21Cl2FN2O4S/c1-12(18(26)23-19(2,3)11-25)24(17-10-14(21)6-9-16(17)22)29(27,28)15-7-4-13(20)5-8-15/h4-10,12,25H,11H2,1-3H3,(H,23,26)/t12-/m1/s1. The van der Waals surface area contributed by atoms with E-state index in [1.54, 1.807) is 13.8 Å². The average molecular weight is 463 g/mol. The lowest BCUT2D eigenvalue weighted by Gasteiger charge is -2.33. The molecule has 0 bridgehead atoms. The molecule has 0 aliphatic heterocycles. The van der Waals surface area contributed by atoms with Crippen molar-refractivity contribution in [1.29, 1.82) is 0 Å². The Hall–Kier alpha value is -1.87. The normalized spacial score (nSPS) is 13.1. The van der Waals surface area contributed by atoms with Crippen molar-refractivity contribution in [2.75, 3.05) is 10.9 Å². The molecule has 2 aromatic rings.